The monoisotopic (exact) mass is 490 g/mol. The summed E-state index contributed by atoms with van der Waals surface area (Å²) in [5.74, 6) is -0.401. The van der Waals surface area contributed by atoms with E-state index in [0.29, 0.717) is 37.8 Å². The molecule has 3 aliphatic rings. The third-order valence-corrected chi connectivity index (χ3v) is 9.46. The molecule has 2 aliphatic heterocycles. The predicted octanol–water partition coefficient (Wildman–Crippen LogP) is 2.52. The Labute approximate surface area is 203 Å². The van der Waals surface area contributed by atoms with E-state index in [1.54, 1.807) is 18.2 Å². The summed E-state index contributed by atoms with van der Waals surface area (Å²) < 4.78 is 27.5. The maximum Gasteiger partial charge on any atom is 0.243 e. The molecule has 1 aromatic carbocycles. The van der Waals surface area contributed by atoms with Gasteiger partial charge in [-0.3, -0.25) is 14.5 Å². The van der Waals surface area contributed by atoms with Gasteiger partial charge in [-0.1, -0.05) is 19.3 Å². The van der Waals surface area contributed by atoms with E-state index in [4.69, 9.17) is 0 Å². The van der Waals surface area contributed by atoms with E-state index in [-0.39, 0.29) is 16.7 Å². The second kappa shape index (κ2) is 10.7. The van der Waals surface area contributed by atoms with Crippen molar-refractivity contribution in [2.24, 2.45) is 0 Å². The van der Waals surface area contributed by atoms with Gasteiger partial charge >= 0.3 is 0 Å². The molecule has 8 nitrogen and oxygen atoms in total. The lowest BCUT2D eigenvalue weighted by Gasteiger charge is -2.31. The zero-order valence-electron chi connectivity index (χ0n) is 20.5. The van der Waals surface area contributed by atoms with E-state index in [1.165, 1.54) is 48.2 Å². The second-order valence-electron chi connectivity index (χ2n) is 9.93. The van der Waals surface area contributed by atoms with Crippen LogP contribution in [0.15, 0.2) is 23.1 Å². The highest BCUT2D eigenvalue weighted by Gasteiger charge is 2.38. The van der Waals surface area contributed by atoms with Gasteiger partial charge in [0.15, 0.2) is 0 Å². The molecule has 1 aromatic rings. The second-order valence-corrected chi connectivity index (χ2v) is 11.9. The molecule has 34 heavy (non-hydrogen) atoms. The highest BCUT2D eigenvalue weighted by molar-refractivity contribution is 7.89. The van der Waals surface area contributed by atoms with Crippen molar-refractivity contribution in [1.82, 2.24) is 14.5 Å². The zero-order valence-corrected chi connectivity index (χ0v) is 21.3. The van der Waals surface area contributed by atoms with Crippen molar-refractivity contribution in [2.75, 3.05) is 38.1 Å². The van der Waals surface area contributed by atoms with Gasteiger partial charge in [-0.05, 0) is 69.5 Å². The summed E-state index contributed by atoms with van der Waals surface area (Å²) in [6.45, 7) is 4.02. The molecular weight excluding hydrogens is 452 g/mol. The van der Waals surface area contributed by atoms with Crippen LogP contribution in [0.25, 0.3) is 0 Å². The molecule has 1 N–H and O–H groups in total. The number of anilines is 1. The summed E-state index contributed by atoms with van der Waals surface area (Å²) in [6.07, 6.45) is 9.39. The SMILES string of the molecule is CC(=O)N1c2ccc(S(=O)(=O)N3CCCC3)cc2C[C@H]1C(=O)NCCCN(C)C1CCCCC1. The lowest BCUT2D eigenvalue weighted by Crippen LogP contribution is -2.47. The molecule has 1 atom stereocenters. The van der Waals surface area contributed by atoms with Crippen LogP contribution in [0.2, 0.25) is 0 Å². The molecule has 0 radical (unpaired) electrons. The van der Waals surface area contributed by atoms with Gasteiger partial charge in [0, 0.05) is 44.7 Å². The fourth-order valence-electron chi connectivity index (χ4n) is 5.63. The summed E-state index contributed by atoms with van der Waals surface area (Å²) >= 11 is 0. The number of sulfonamides is 1. The van der Waals surface area contributed by atoms with E-state index >= 15 is 0 Å². The van der Waals surface area contributed by atoms with Crippen LogP contribution in [0, 0.1) is 0 Å². The van der Waals surface area contributed by atoms with Crippen molar-refractivity contribution < 1.29 is 18.0 Å². The Morgan fingerprint density at radius 1 is 1.09 bits per heavy atom. The third kappa shape index (κ3) is 5.31. The maximum absolute atomic E-state index is 13.0. The molecule has 2 heterocycles. The number of benzene rings is 1. The Bertz CT molecular complexity index is 1000. The molecule has 2 amide bonds. The molecule has 2 fully saturated rings. The van der Waals surface area contributed by atoms with Crippen LogP contribution in [0.4, 0.5) is 5.69 Å². The fraction of sp³-hybridized carbons (Fsp3) is 0.680. The number of hydrogen-bond acceptors (Lipinski definition) is 5. The summed E-state index contributed by atoms with van der Waals surface area (Å²) in [6, 6.07) is 4.88. The van der Waals surface area contributed by atoms with Crippen molar-refractivity contribution in [1.29, 1.82) is 0 Å². The molecule has 0 unspecified atom stereocenters. The standard InChI is InChI=1S/C25H38N4O4S/c1-19(30)29-23-12-11-22(34(32,33)28-15-6-7-16-28)17-20(23)18-24(29)25(31)26-13-8-14-27(2)21-9-4-3-5-10-21/h11-12,17,21,24H,3-10,13-16,18H2,1-2H3,(H,26,31)/t24-/m0/s1. The first-order chi connectivity index (χ1) is 16.3. The molecule has 1 saturated carbocycles. The minimum absolute atomic E-state index is 0.185. The van der Waals surface area contributed by atoms with E-state index < -0.39 is 16.1 Å². The fourth-order valence-corrected chi connectivity index (χ4v) is 7.20. The Balaban J connectivity index is 1.37. The summed E-state index contributed by atoms with van der Waals surface area (Å²) in [5.41, 5.74) is 1.36. The molecular formula is C25H38N4O4S. The number of amides is 2. The van der Waals surface area contributed by atoms with Crippen LogP contribution in [0.1, 0.15) is 63.9 Å². The largest absolute Gasteiger partial charge is 0.354 e. The van der Waals surface area contributed by atoms with Crippen molar-refractivity contribution in [3.05, 3.63) is 23.8 Å². The minimum atomic E-state index is -3.55. The zero-order chi connectivity index (χ0) is 24.3. The topological polar surface area (TPSA) is 90.0 Å². The molecule has 0 spiro atoms. The van der Waals surface area contributed by atoms with Gasteiger partial charge in [0.1, 0.15) is 6.04 Å². The van der Waals surface area contributed by atoms with E-state index in [0.717, 1.165) is 31.4 Å². The Morgan fingerprint density at radius 2 is 1.79 bits per heavy atom. The smallest absolute Gasteiger partial charge is 0.243 e. The summed E-state index contributed by atoms with van der Waals surface area (Å²) in [4.78, 5) is 29.6. The molecule has 1 aliphatic carbocycles. The molecule has 4 rings (SSSR count). The van der Waals surface area contributed by atoms with Crippen LogP contribution >= 0.6 is 0 Å². The first-order valence-electron chi connectivity index (χ1n) is 12.7. The van der Waals surface area contributed by atoms with Crippen molar-refractivity contribution >= 4 is 27.5 Å². The normalized spacial score (nSPS) is 21.7. The van der Waals surface area contributed by atoms with Gasteiger partial charge in [-0.2, -0.15) is 4.31 Å². The number of hydrogen-bond donors (Lipinski definition) is 1. The summed E-state index contributed by atoms with van der Waals surface area (Å²) in [7, 11) is -1.38. The van der Waals surface area contributed by atoms with Crippen LogP contribution in [0.3, 0.4) is 0 Å². The molecule has 1 saturated heterocycles. The van der Waals surface area contributed by atoms with E-state index in [2.05, 4.69) is 17.3 Å². The van der Waals surface area contributed by atoms with Gasteiger partial charge in [-0.25, -0.2) is 8.42 Å². The van der Waals surface area contributed by atoms with Gasteiger partial charge in [-0.15, -0.1) is 0 Å². The van der Waals surface area contributed by atoms with Crippen molar-refractivity contribution in [3.63, 3.8) is 0 Å². The Hall–Kier alpha value is -1.97. The number of fused-ring (bicyclic) bond motifs is 1. The molecule has 9 heteroatoms. The first kappa shape index (κ1) is 25.1. The Morgan fingerprint density at radius 3 is 2.47 bits per heavy atom. The first-order valence-corrected chi connectivity index (χ1v) is 14.1. The lowest BCUT2D eigenvalue weighted by atomic mass is 9.94. The highest BCUT2D eigenvalue weighted by atomic mass is 32.2. The van der Waals surface area contributed by atoms with Crippen LogP contribution in [-0.4, -0.2) is 74.7 Å². The van der Waals surface area contributed by atoms with Gasteiger partial charge in [0.25, 0.3) is 0 Å². The number of carbonyl (C=O) groups excluding carboxylic acids is 2. The van der Waals surface area contributed by atoms with Crippen LogP contribution in [0.5, 0.6) is 0 Å². The quantitative estimate of drug-likeness (QED) is 0.566. The maximum atomic E-state index is 13.0. The highest BCUT2D eigenvalue weighted by Crippen LogP contribution is 2.35. The van der Waals surface area contributed by atoms with Gasteiger partial charge < -0.3 is 10.2 Å². The minimum Gasteiger partial charge on any atom is -0.354 e. The third-order valence-electron chi connectivity index (χ3n) is 7.57. The number of carbonyl (C=O) groups is 2. The lowest BCUT2D eigenvalue weighted by molar-refractivity contribution is -0.125. The molecule has 0 aromatic heterocycles. The van der Waals surface area contributed by atoms with E-state index in [1.807, 2.05) is 0 Å². The number of nitrogens with one attached hydrogen (secondary N) is 1. The average molecular weight is 491 g/mol. The summed E-state index contributed by atoms with van der Waals surface area (Å²) in [5, 5.41) is 3.01. The van der Waals surface area contributed by atoms with Gasteiger partial charge in [0.2, 0.25) is 21.8 Å². The number of nitrogens with zero attached hydrogens (tertiary/aromatic N) is 3. The average Bonchev–Trinajstić information content (AvgIpc) is 3.50. The van der Waals surface area contributed by atoms with E-state index in [9.17, 15) is 18.0 Å². The van der Waals surface area contributed by atoms with Crippen LogP contribution < -0.4 is 10.2 Å². The van der Waals surface area contributed by atoms with Crippen molar-refractivity contribution in [3.8, 4) is 0 Å². The van der Waals surface area contributed by atoms with Crippen molar-refractivity contribution in [2.45, 2.75) is 81.7 Å². The molecule has 0 bridgehead atoms. The van der Waals surface area contributed by atoms with Crippen LogP contribution in [-0.2, 0) is 26.0 Å². The predicted molar refractivity (Wildman–Crippen MR) is 132 cm³/mol. The number of rotatable bonds is 8. The molecule has 188 valence electrons. The Kier molecular flexibility index (Phi) is 7.94. The van der Waals surface area contributed by atoms with Gasteiger partial charge in [0.05, 0.1) is 4.90 Å².